The van der Waals surface area contributed by atoms with Crippen LogP contribution in [0.4, 0.5) is 0 Å². The third kappa shape index (κ3) is 8.52. The molecule has 0 aliphatic rings. The predicted octanol–water partition coefficient (Wildman–Crippen LogP) is 8.54. The monoisotopic (exact) mass is 402 g/mol. The highest BCUT2D eigenvalue weighted by Gasteiger charge is 2.39. The normalized spacial score (nSPS) is 13.9. The van der Waals surface area contributed by atoms with Gasteiger partial charge in [-0.3, -0.25) is 4.79 Å². The first kappa shape index (κ1) is 25.7. The van der Waals surface area contributed by atoms with Gasteiger partial charge in [-0.1, -0.05) is 92.2 Å². The minimum atomic E-state index is -0.449. The molecule has 2 heteroatoms. The number of hydrogen-bond donors (Lipinski definition) is 0. The van der Waals surface area contributed by atoms with Gasteiger partial charge in [-0.2, -0.15) is 0 Å². The topological polar surface area (TPSA) is 26.3 Å². The SMILES string of the molecule is CCCCCC(CCCCC)c1ccc(OC(=O)C(C)(CC(C)C)C(C)C)cc1. The van der Waals surface area contributed by atoms with Crippen molar-refractivity contribution in [3.8, 4) is 5.75 Å². The molecule has 0 saturated carbocycles. The molecule has 0 bridgehead atoms. The van der Waals surface area contributed by atoms with Crippen LogP contribution in [0.15, 0.2) is 24.3 Å². The number of carbonyl (C=O) groups is 1. The standard InChI is InChI=1S/C27H46O2/c1-8-10-12-14-23(15-13-11-9-2)24-16-18-25(19-17-24)29-26(28)27(7,22(5)6)20-21(3)4/h16-19,21-23H,8-15,20H2,1-7H3. The number of carbonyl (C=O) groups excluding carboxylic acids is 1. The van der Waals surface area contributed by atoms with Gasteiger partial charge in [0.25, 0.3) is 0 Å². The minimum Gasteiger partial charge on any atom is -0.426 e. The van der Waals surface area contributed by atoms with E-state index in [9.17, 15) is 4.79 Å². The predicted molar refractivity (Wildman–Crippen MR) is 126 cm³/mol. The summed E-state index contributed by atoms with van der Waals surface area (Å²) in [5, 5.41) is 0. The molecule has 1 unspecified atom stereocenters. The average molecular weight is 403 g/mol. The summed E-state index contributed by atoms with van der Waals surface area (Å²) in [6.07, 6.45) is 11.1. The van der Waals surface area contributed by atoms with E-state index < -0.39 is 5.41 Å². The van der Waals surface area contributed by atoms with Crippen molar-refractivity contribution < 1.29 is 9.53 Å². The summed E-state index contributed by atoms with van der Waals surface area (Å²) in [5.74, 6) is 1.91. The Bertz CT molecular complexity index is 563. The van der Waals surface area contributed by atoms with E-state index in [1.165, 1.54) is 56.9 Å². The number of esters is 1. The second-order valence-electron chi connectivity index (χ2n) is 9.82. The Balaban J connectivity index is 2.84. The van der Waals surface area contributed by atoms with Crippen LogP contribution >= 0.6 is 0 Å². The van der Waals surface area contributed by atoms with Crippen molar-refractivity contribution in [3.63, 3.8) is 0 Å². The van der Waals surface area contributed by atoms with Crippen LogP contribution in [0, 0.1) is 17.3 Å². The van der Waals surface area contributed by atoms with Crippen molar-refractivity contribution in [3.05, 3.63) is 29.8 Å². The molecule has 0 aliphatic carbocycles. The zero-order valence-corrected chi connectivity index (χ0v) is 20.2. The Morgan fingerprint density at radius 1 is 0.897 bits per heavy atom. The highest BCUT2D eigenvalue weighted by atomic mass is 16.5. The Hall–Kier alpha value is -1.31. The van der Waals surface area contributed by atoms with E-state index in [0.717, 1.165) is 6.42 Å². The summed E-state index contributed by atoms with van der Waals surface area (Å²) in [6.45, 7) is 15.1. The molecule has 1 aromatic carbocycles. The van der Waals surface area contributed by atoms with Gasteiger partial charge in [0.1, 0.15) is 5.75 Å². The maximum atomic E-state index is 13.0. The largest absolute Gasteiger partial charge is 0.426 e. The molecule has 0 spiro atoms. The van der Waals surface area contributed by atoms with Crippen LogP contribution in [-0.4, -0.2) is 5.97 Å². The van der Waals surface area contributed by atoms with Gasteiger partial charge in [-0.15, -0.1) is 0 Å². The molecule has 0 amide bonds. The summed E-state index contributed by atoms with van der Waals surface area (Å²) in [7, 11) is 0. The lowest BCUT2D eigenvalue weighted by molar-refractivity contribution is -0.148. The quantitative estimate of drug-likeness (QED) is 0.177. The zero-order chi connectivity index (χ0) is 21.9. The van der Waals surface area contributed by atoms with Crippen LogP contribution in [0.1, 0.15) is 118 Å². The second-order valence-corrected chi connectivity index (χ2v) is 9.82. The van der Waals surface area contributed by atoms with E-state index in [2.05, 4.69) is 53.7 Å². The van der Waals surface area contributed by atoms with Crippen molar-refractivity contribution in [2.75, 3.05) is 0 Å². The fraction of sp³-hybridized carbons (Fsp3) is 0.741. The summed E-state index contributed by atoms with van der Waals surface area (Å²) in [4.78, 5) is 13.0. The molecule has 1 atom stereocenters. The smallest absolute Gasteiger partial charge is 0.317 e. The first-order chi connectivity index (χ1) is 13.7. The maximum absolute atomic E-state index is 13.0. The van der Waals surface area contributed by atoms with Crippen LogP contribution < -0.4 is 4.74 Å². The maximum Gasteiger partial charge on any atom is 0.317 e. The third-order valence-electron chi connectivity index (χ3n) is 6.45. The molecule has 166 valence electrons. The minimum absolute atomic E-state index is 0.101. The van der Waals surface area contributed by atoms with Crippen LogP contribution in [0.3, 0.4) is 0 Å². The molecule has 0 N–H and O–H groups in total. The summed E-state index contributed by atoms with van der Waals surface area (Å²) < 4.78 is 5.83. The second kappa shape index (κ2) is 13.1. The molecule has 1 rings (SSSR count). The average Bonchev–Trinajstić information content (AvgIpc) is 2.67. The van der Waals surface area contributed by atoms with E-state index >= 15 is 0 Å². The molecule has 1 aromatic rings. The lowest BCUT2D eigenvalue weighted by atomic mass is 9.73. The van der Waals surface area contributed by atoms with Crippen LogP contribution in [-0.2, 0) is 4.79 Å². The lowest BCUT2D eigenvalue weighted by Gasteiger charge is -2.32. The molecule has 2 nitrogen and oxygen atoms in total. The van der Waals surface area contributed by atoms with E-state index in [1.54, 1.807) is 0 Å². The Labute approximate surface area is 180 Å². The number of unbranched alkanes of at least 4 members (excludes halogenated alkanes) is 4. The fourth-order valence-corrected chi connectivity index (χ4v) is 4.19. The van der Waals surface area contributed by atoms with Crippen LogP contribution in [0.25, 0.3) is 0 Å². The van der Waals surface area contributed by atoms with Crippen molar-refractivity contribution >= 4 is 5.97 Å². The van der Waals surface area contributed by atoms with Gasteiger partial charge in [-0.25, -0.2) is 0 Å². The van der Waals surface area contributed by atoms with Crippen molar-refractivity contribution in [1.29, 1.82) is 0 Å². The highest BCUT2D eigenvalue weighted by Crippen LogP contribution is 2.36. The Kier molecular flexibility index (Phi) is 11.6. The highest BCUT2D eigenvalue weighted by molar-refractivity contribution is 5.79. The van der Waals surface area contributed by atoms with Crippen LogP contribution in [0.2, 0.25) is 0 Å². The van der Waals surface area contributed by atoms with Gasteiger partial charge < -0.3 is 4.74 Å². The van der Waals surface area contributed by atoms with Crippen molar-refractivity contribution in [2.24, 2.45) is 17.3 Å². The van der Waals surface area contributed by atoms with Gasteiger partial charge >= 0.3 is 5.97 Å². The van der Waals surface area contributed by atoms with Gasteiger partial charge in [0.2, 0.25) is 0 Å². The summed E-state index contributed by atoms with van der Waals surface area (Å²) in [6, 6.07) is 8.35. The molecular weight excluding hydrogens is 356 g/mol. The fourth-order valence-electron chi connectivity index (χ4n) is 4.19. The Morgan fingerprint density at radius 3 is 1.83 bits per heavy atom. The first-order valence-electron chi connectivity index (χ1n) is 12.1. The number of benzene rings is 1. The third-order valence-corrected chi connectivity index (χ3v) is 6.45. The van der Waals surface area contributed by atoms with E-state index in [-0.39, 0.29) is 11.9 Å². The number of rotatable bonds is 14. The zero-order valence-electron chi connectivity index (χ0n) is 20.2. The molecule has 0 aromatic heterocycles. The summed E-state index contributed by atoms with van der Waals surface area (Å²) >= 11 is 0. The van der Waals surface area contributed by atoms with Gasteiger partial charge in [-0.05, 0) is 61.6 Å². The van der Waals surface area contributed by atoms with Gasteiger partial charge in [0, 0.05) is 0 Å². The lowest BCUT2D eigenvalue weighted by Crippen LogP contribution is -2.38. The number of ether oxygens (including phenoxy) is 1. The van der Waals surface area contributed by atoms with E-state index in [4.69, 9.17) is 4.74 Å². The van der Waals surface area contributed by atoms with E-state index in [1.807, 2.05) is 19.1 Å². The molecular formula is C27H46O2. The first-order valence-corrected chi connectivity index (χ1v) is 12.1. The molecule has 0 aliphatic heterocycles. The summed E-state index contributed by atoms with van der Waals surface area (Å²) in [5.41, 5.74) is 0.946. The molecule has 0 heterocycles. The molecule has 0 radical (unpaired) electrons. The van der Waals surface area contributed by atoms with Gasteiger partial charge in [0.05, 0.1) is 5.41 Å². The van der Waals surface area contributed by atoms with Crippen molar-refractivity contribution in [1.82, 2.24) is 0 Å². The Morgan fingerprint density at radius 2 is 1.41 bits per heavy atom. The molecule has 0 fully saturated rings. The number of hydrogen-bond acceptors (Lipinski definition) is 2. The van der Waals surface area contributed by atoms with E-state index in [0.29, 0.717) is 17.6 Å². The van der Waals surface area contributed by atoms with Gasteiger partial charge in [0.15, 0.2) is 0 Å². The molecule has 0 saturated heterocycles. The molecule has 29 heavy (non-hydrogen) atoms. The van der Waals surface area contributed by atoms with Crippen molar-refractivity contribution in [2.45, 2.75) is 112 Å². The van der Waals surface area contributed by atoms with Crippen LogP contribution in [0.5, 0.6) is 5.75 Å².